The zero-order valence-corrected chi connectivity index (χ0v) is 11.5. The van der Waals surface area contributed by atoms with E-state index in [2.05, 4.69) is 23.3 Å². The van der Waals surface area contributed by atoms with Gasteiger partial charge in [0, 0.05) is 23.0 Å². The molecule has 2 nitrogen and oxygen atoms in total. The van der Waals surface area contributed by atoms with Gasteiger partial charge in [0.2, 0.25) is 0 Å². The molecule has 0 unspecified atom stereocenters. The van der Waals surface area contributed by atoms with Crippen molar-refractivity contribution in [1.29, 1.82) is 0 Å². The van der Waals surface area contributed by atoms with Crippen LogP contribution in [0.25, 0.3) is 0 Å². The lowest BCUT2D eigenvalue weighted by Gasteiger charge is -2.04. The van der Waals surface area contributed by atoms with E-state index in [0.717, 1.165) is 28.8 Å². The number of nitrogens with zero attached hydrogens (tertiary/aromatic N) is 1. The van der Waals surface area contributed by atoms with Crippen LogP contribution in [0, 0.1) is 13.8 Å². The van der Waals surface area contributed by atoms with Crippen LogP contribution in [0.4, 0.5) is 0 Å². The molecule has 0 saturated carbocycles. The quantitative estimate of drug-likeness (QED) is 0.913. The second-order valence-electron chi connectivity index (χ2n) is 3.97. The number of nitrogens with one attached hydrogen (secondary N) is 1. The van der Waals surface area contributed by atoms with E-state index in [4.69, 9.17) is 11.6 Å². The summed E-state index contributed by atoms with van der Waals surface area (Å²) in [7, 11) is 0. The van der Waals surface area contributed by atoms with Gasteiger partial charge in [-0.25, -0.2) is 4.98 Å². The van der Waals surface area contributed by atoms with Crippen LogP contribution in [-0.2, 0) is 13.1 Å². The van der Waals surface area contributed by atoms with Crippen LogP contribution in [-0.4, -0.2) is 4.98 Å². The highest BCUT2D eigenvalue weighted by Gasteiger charge is 2.03. The molecular formula is C13H15ClN2S. The minimum absolute atomic E-state index is 0.786. The molecule has 2 aromatic rings. The van der Waals surface area contributed by atoms with Crippen LogP contribution in [0.3, 0.4) is 0 Å². The number of halogens is 1. The van der Waals surface area contributed by atoms with Crippen LogP contribution < -0.4 is 5.32 Å². The van der Waals surface area contributed by atoms with Crippen molar-refractivity contribution in [3.8, 4) is 0 Å². The molecule has 0 atom stereocenters. The van der Waals surface area contributed by atoms with Crippen molar-refractivity contribution in [2.24, 2.45) is 0 Å². The zero-order valence-electron chi connectivity index (χ0n) is 9.96. The third kappa shape index (κ3) is 3.53. The summed E-state index contributed by atoms with van der Waals surface area (Å²) in [5.74, 6) is 0. The molecule has 0 saturated heterocycles. The molecule has 0 aliphatic carbocycles. The van der Waals surface area contributed by atoms with Gasteiger partial charge in [-0.3, -0.25) is 0 Å². The van der Waals surface area contributed by atoms with Gasteiger partial charge < -0.3 is 5.32 Å². The van der Waals surface area contributed by atoms with E-state index in [1.54, 1.807) is 11.3 Å². The Balaban J connectivity index is 1.89. The number of aromatic nitrogens is 1. The minimum atomic E-state index is 0.786. The summed E-state index contributed by atoms with van der Waals surface area (Å²) in [6.07, 6.45) is 0. The van der Waals surface area contributed by atoms with E-state index < -0.39 is 0 Å². The molecule has 0 spiro atoms. The average molecular weight is 267 g/mol. The van der Waals surface area contributed by atoms with Gasteiger partial charge in [0.15, 0.2) is 0 Å². The fraction of sp³-hybridized carbons (Fsp3) is 0.308. The van der Waals surface area contributed by atoms with Gasteiger partial charge in [0.25, 0.3) is 0 Å². The SMILES string of the molecule is Cc1nc(C)c(CNCc2cccc(Cl)c2)s1. The predicted octanol–water partition coefficient (Wildman–Crippen LogP) is 3.70. The fourth-order valence-corrected chi connectivity index (χ4v) is 2.82. The summed E-state index contributed by atoms with van der Waals surface area (Å²) in [4.78, 5) is 5.72. The topological polar surface area (TPSA) is 24.9 Å². The Bertz CT molecular complexity index is 508. The van der Waals surface area contributed by atoms with Crippen LogP contribution >= 0.6 is 22.9 Å². The standard InChI is InChI=1S/C13H15ClN2S/c1-9-13(17-10(2)16-9)8-15-7-11-4-3-5-12(14)6-11/h3-6,15H,7-8H2,1-2H3. The lowest BCUT2D eigenvalue weighted by atomic mass is 10.2. The van der Waals surface area contributed by atoms with Gasteiger partial charge in [0.05, 0.1) is 10.7 Å². The molecule has 17 heavy (non-hydrogen) atoms. The van der Waals surface area contributed by atoms with Gasteiger partial charge >= 0.3 is 0 Å². The lowest BCUT2D eigenvalue weighted by Crippen LogP contribution is -2.12. The smallest absolute Gasteiger partial charge is 0.0900 e. The highest BCUT2D eigenvalue weighted by molar-refractivity contribution is 7.11. The molecule has 0 aliphatic heterocycles. The van der Waals surface area contributed by atoms with Gasteiger partial charge in [-0.1, -0.05) is 23.7 Å². The van der Waals surface area contributed by atoms with Crippen LogP contribution in [0.15, 0.2) is 24.3 Å². The van der Waals surface area contributed by atoms with Crippen LogP contribution in [0.5, 0.6) is 0 Å². The van der Waals surface area contributed by atoms with E-state index in [9.17, 15) is 0 Å². The van der Waals surface area contributed by atoms with Crippen molar-refractivity contribution in [3.05, 3.63) is 50.4 Å². The van der Waals surface area contributed by atoms with Crippen LogP contribution in [0.1, 0.15) is 21.1 Å². The highest BCUT2D eigenvalue weighted by Crippen LogP contribution is 2.17. The second-order valence-corrected chi connectivity index (χ2v) is 5.70. The molecule has 1 aromatic carbocycles. The first kappa shape index (κ1) is 12.6. The minimum Gasteiger partial charge on any atom is -0.308 e. The Hall–Kier alpha value is -0.900. The molecular weight excluding hydrogens is 252 g/mol. The Kier molecular flexibility index (Phi) is 4.15. The Labute approximate surface area is 111 Å². The molecule has 90 valence electrons. The Morgan fingerprint density at radius 1 is 1.29 bits per heavy atom. The van der Waals surface area contributed by atoms with E-state index >= 15 is 0 Å². The first-order valence-corrected chi connectivity index (χ1v) is 6.72. The van der Waals surface area contributed by atoms with Crippen molar-refractivity contribution in [2.45, 2.75) is 26.9 Å². The summed E-state index contributed by atoms with van der Waals surface area (Å²) in [6.45, 7) is 5.79. The number of rotatable bonds is 4. The third-order valence-corrected chi connectivity index (χ3v) is 3.81. The zero-order chi connectivity index (χ0) is 12.3. The fourth-order valence-electron chi connectivity index (χ4n) is 1.70. The first-order chi connectivity index (χ1) is 8.15. The molecule has 2 rings (SSSR count). The second kappa shape index (κ2) is 5.63. The van der Waals surface area contributed by atoms with Crippen molar-refractivity contribution in [2.75, 3.05) is 0 Å². The number of benzene rings is 1. The number of aryl methyl sites for hydroxylation is 2. The van der Waals surface area contributed by atoms with E-state index in [0.29, 0.717) is 0 Å². The normalized spacial score (nSPS) is 10.8. The number of thiazole rings is 1. The van der Waals surface area contributed by atoms with Gasteiger partial charge in [0.1, 0.15) is 0 Å². The number of hydrogen-bond acceptors (Lipinski definition) is 3. The monoisotopic (exact) mass is 266 g/mol. The molecule has 0 fully saturated rings. The summed E-state index contributed by atoms with van der Waals surface area (Å²) < 4.78 is 0. The maximum Gasteiger partial charge on any atom is 0.0900 e. The molecule has 0 aliphatic rings. The molecule has 4 heteroatoms. The summed E-state index contributed by atoms with van der Waals surface area (Å²) >= 11 is 7.69. The molecule has 1 heterocycles. The number of hydrogen-bond donors (Lipinski definition) is 1. The molecule has 1 aromatic heterocycles. The maximum atomic E-state index is 5.93. The van der Waals surface area contributed by atoms with Crippen molar-refractivity contribution in [1.82, 2.24) is 10.3 Å². The molecule has 0 bridgehead atoms. The first-order valence-electron chi connectivity index (χ1n) is 5.53. The van der Waals surface area contributed by atoms with Crippen LogP contribution in [0.2, 0.25) is 5.02 Å². The average Bonchev–Trinajstić information content (AvgIpc) is 2.58. The predicted molar refractivity (Wildman–Crippen MR) is 73.6 cm³/mol. The van der Waals surface area contributed by atoms with Crippen molar-refractivity contribution in [3.63, 3.8) is 0 Å². The van der Waals surface area contributed by atoms with E-state index in [1.807, 2.05) is 25.1 Å². The summed E-state index contributed by atoms with van der Waals surface area (Å²) in [5.41, 5.74) is 2.34. The lowest BCUT2D eigenvalue weighted by molar-refractivity contribution is 0.697. The van der Waals surface area contributed by atoms with Gasteiger partial charge in [-0.15, -0.1) is 11.3 Å². The van der Waals surface area contributed by atoms with Crippen molar-refractivity contribution >= 4 is 22.9 Å². The molecule has 0 amide bonds. The largest absolute Gasteiger partial charge is 0.308 e. The van der Waals surface area contributed by atoms with Crippen molar-refractivity contribution < 1.29 is 0 Å². The van der Waals surface area contributed by atoms with E-state index in [1.165, 1.54) is 10.4 Å². The maximum absolute atomic E-state index is 5.93. The Morgan fingerprint density at radius 2 is 2.12 bits per heavy atom. The molecule has 0 radical (unpaired) electrons. The van der Waals surface area contributed by atoms with Gasteiger partial charge in [-0.2, -0.15) is 0 Å². The Morgan fingerprint density at radius 3 is 2.76 bits per heavy atom. The summed E-state index contributed by atoms with van der Waals surface area (Å²) in [5, 5.41) is 5.32. The van der Waals surface area contributed by atoms with Gasteiger partial charge in [-0.05, 0) is 31.5 Å². The third-order valence-electron chi connectivity index (χ3n) is 2.50. The van der Waals surface area contributed by atoms with E-state index in [-0.39, 0.29) is 0 Å². The molecule has 1 N–H and O–H groups in total. The highest BCUT2D eigenvalue weighted by atomic mass is 35.5. The summed E-state index contributed by atoms with van der Waals surface area (Å²) in [6, 6.07) is 7.92.